The fraction of sp³-hybridized carbons (Fsp3) is 1.00. The van der Waals surface area contributed by atoms with E-state index in [9.17, 15) is 0 Å². The Morgan fingerprint density at radius 1 is 1.21 bits per heavy atom. The molecule has 0 bridgehead atoms. The van der Waals surface area contributed by atoms with Crippen LogP contribution in [0.1, 0.15) is 26.2 Å². The smallest absolute Gasteiger partial charge is 0.0223 e. The molecule has 0 aromatic rings. The van der Waals surface area contributed by atoms with Crippen molar-refractivity contribution in [2.45, 2.75) is 32.2 Å². The van der Waals surface area contributed by atoms with Gasteiger partial charge in [-0.1, -0.05) is 6.42 Å². The van der Waals surface area contributed by atoms with Crippen LogP contribution in [0.4, 0.5) is 0 Å². The summed E-state index contributed by atoms with van der Waals surface area (Å²) in [6.07, 6.45) is 3.76. The molecule has 1 fully saturated rings. The number of halogens is 1. The molecule has 0 aromatic heterocycles. The van der Waals surface area contributed by atoms with Crippen LogP contribution in [0.2, 0.25) is 0 Å². The van der Waals surface area contributed by atoms with Gasteiger partial charge in [-0.3, -0.25) is 4.90 Å². The number of hydrogen-bond acceptors (Lipinski definition) is 2. The summed E-state index contributed by atoms with van der Waals surface area (Å²) < 4.78 is 0. The van der Waals surface area contributed by atoms with Crippen molar-refractivity contribution >= 4 is 11.6 Å². The van der Waals surface area contributed by atoms with Crippen LogP contribution < -0.4 is 0 Å². The van der Waals surface area contributed by atoms with Gasteiger partial charge in [-0.2, -0.15) is 0 Å². The van der Waals surface area contributed by atoms with Crippen LogP contribution in [0.5, 0.6) is 0 Å². The first-order valence-electron chi connectivity index (χ1n) is 5.72. The molecular weight excluding hydrogens is 196 g/mol. The molecule has 2 nitrogen and oxygen atoms in total. The third-order valence-corrected chi connectivity index (χ3v) is 3.31. The van der Waals surface area contributed by atoms with Crippen molar-refractivity contribution in [2.24, 2.45) is 0 Å². The van der Waals surface area contributed by atoms with E-state index >= 15 is 0 Å². The van der Waals surface area contributed by atoms with Gasteiger partial charge in [-0.05, 0) is 33.4 Å². The molecule has 1 unspecified atom stereocenters. The minimum atomic E-state index is 0.727. The molecule has 0 amide bonds. The zero-order valence-electron chi connectivity index (χ0n) is 9.51. The number of nitrogens with zero attached hydrogens (tertiary/aromatic N) is 2. The monoisotopic (exact) mass is 218 g/mol. The van der Waals surface area contributed by atoms with Crippen LogP contribution in [0.15, 0.2) is 0 Å². The first-order chi connectivity index (χ1) is 6.74. The fourth-order valence-electron chi connectivity index (χ4n) is 2.10. The maximum Gasteiger partial charge on any atom is 0.0223 e. The second kappa shape index (κ2) is 6.65. The normalized spacial score (nSPS) is 25.5. The van der Waals surface area contributed by atoms with Gasteiger partial charge in [0.2, 0.25) is 0 Å². The molecule has 1 aliphatic rings. The first-order valence-corrected chi connectivity index (χ1v) is 6.26. The Bertz CT molecular complexity index is 152. The molecule has 0 spiro atoms. The third-order valence-electron chi connectivity index (χ3n) is 3.05. The number of rotatable bonds is 5. The Hall–Kier alpha value is 0.210. The summed E-state index contributed by atoms with van der Waals surface area (Å²) in [6, 6.07) is 0.727. The maximum atomic E-state index is 5.65. The lowest BCUT2D eigenvalue weighted by molar-refractivity contribution is 0.0986. The topological polar surface area (TPSA) is 6.48 Å². The molecule has 1 atom stereocenters. The third kappa shape index (κ3) is 4.16. The Balaban J connectivity index is 2.11. The van der Waals surface area contributed by atoms with Gasteiger partial charge in [-0.15, -0.1) is 11.6 Å². The highest BCUT2D eigenvalue weighted by atomic mass is 35.5. The van der Waals surface area contributed by atoms with E-state index in [2.05, 4.69) is 23.8 Å². The maximum absolute atomic E-state index is 5.65. The Labute approximate surface area is 93.2 Å². The Morgan fingerprint density at radius 2 is 2.00 bits per heavy atom. The highest BCUT2D eigenvalue weighted by Crippen LogP contribution is 2.09. The molecule has 0 radical (unpaired) electrons. The van der Waals surface area contributed by atoms with Gasteiger partial charge in [0.25, 0.3) is 0 Å². The predicted molar refractivity (Wildman–Crippen MR) is 63.1 cm³/mol. The van der Waals surface area contributed by atoms with Crippen LogP contribution in [0, 0.1) is 0 Å². The van der Waals surface area contributed by atoms with E-state index in [4.69, 9.17) is 11.6 Å². The molecule has 1 saturated heterocycles. The summed E-state index contributed by atoms with van der Waals surface area (Å²) in [4.78, 5) is 5.02. The number of unbranched alkanes of at least 4 members (excludes halogenated alkanes) is 2. The van der Waals surface area contributed by atoms with E-state index in [1.165, 1.54) is 45.4 Å². The van der Waals surface area contributed by atoms with E-state index < -0.39 is 0 Å². The molecule has 0 aliphatic carbocycles. The molecule has 0 saturated carbocycles. The number of hydrogen-bond donors (Lipinski definition) is 0. The van der Waals surface area contributed by atoms with Gasteiger partial charge in [0.1, 0.15) is 0 Å². The van der Waals surface area contributed by atoms with Gasteiger partial charge < -0.3 is 4.90 Å². The minimum Gasteiger partial charge on any atom is -0.304 e. The van der Waals surface area contributed by atoms with Crippen LogP contribution in [0.25, 0.3) is 0 Å². The van der Waals surface area contributed by atoms with Crippen molar-refractivity contribution in [3.05, 3.63) is 0 Å². The standard InChI is InChI=1S/C11H23ClN2/c1-11-10-13(2)8-9-14(11)7-5-3-4-6-12/h11H,3-10H2,1-2H3. The molecule has 0 aromatic carbocycles. The molecule has 1 heterocycles. The van der Waals surface area contributed by atoms with E-state index in [1.807, 2.05) is 0 Å². The summed E-state index contributed by atoms with van der Waals surface area (Å²) in [7, 11) is 2.21. The molecule has 3 heteroatoms. The average molecular weight is 219 g/mol. The van der Waals surface area contributed by atoms with Crippen molar-refractivity contribution in [3.8, 4) is 0 Å². The summed E-state index contributed by atoms with van der Waals surface area (Å²) in [5.74, 6) is 0.818. The second-order valence-electron chi connectivity index (χ2n) is 4.40. The number of piperazine rings is 1. The average Bonchev–Trinajstić information content (AvgIpc) is 2.15. The van der Waals surface area contributed by atoms with Crippen molar-refractivity contribution in [3.63, 3.8) is 0 Å². The lowest BCUT2D eigenvalue weighted by atomic mass is 10.1. The molecule has 0 N–H and O–H groups in total. The van der Waals surface area contributed by atoms with Crippen molar-refractivity contribution in [1.82, 2.24) is 9.80 Å². The Morgan fingerprint density at radius 3 is 2.64 bits per heavy atom. The van der Waals surface area contributed by atoms with E-state index in [0.29, 0.717) is 0 Å². The predicted octanol–water partition coefficient (Wildman–Crippen LogP) is 2.03. The van der Waals surface area contributed by atoms with Gasteiger partial charge in [0, 0.05) is 31.6 Å². The zero-order chi connectivity index (χ0) is 10.4. The molecular formula is C11H23ClN2. The van der Waals surface area contributed by atoms with Gasteiger partial charge in [0.15, 0.2) is 0 Å². The van der Waals surface area contributed by atoms with Gasteiger partial charge in [-0.25, -0.2) is 0 Å². The van der Waals surface area contributed by atoms with E-state index in [1.54, 1.807) is 0 Å². The van der Waals surface area contributed by atoms with Crippen LogP contribution in [0.3, 0.4) is 0 Å². The fourth-order valence-corrected chi connectivity index (χ4v) is 2.28. The quantitative estimate of drug-likeness (QED) is 0.515. The SMILES string of the molecule is CC1CN(C)CCN1CCCCCCl. The van der Waals surface area contributed by atoms with Gasteiger partial charge in [0.05, 0.1) is 0 Å². The first kappa shape index (κ1) is 12.3. The highest BCUT2D eigenvalue weighted by Gasteiger charge is 2.20. The lowest BCUT2D eigenvalue weighted by Gasteiger charge is -2.38. The summed E-state index contributed by atoms with van der Waals surface area (Å²) in [5.41, 5.74) is 0. The lowest BCUT2D eigenvalue weighted by Crippen LogP contribution is -2.50. The summed E-state index contributed by atoms with van der Waals surface area (Å²) >= 11 is 5.65. The number of alkyl halides is 1. The van der Waals surface area contributed by atoms with Crippen LogP contribution >= 0.6 is 11.6 Å². The molecule has 1 aliphatic heterocycles. The van der Waals surface area contributed by atoms with Crippen LogP contribution in [-0.4, -0.2) is 54.9 Å². The summed E-state index contributed by atoms with van der Waals surface area (Å²) in [5, 5.41) is 0. The zero-order valence-corrected chi connectivity index (χ0v) is 10.3. The number of likely N-dealkylation sites (N-methyl/N-ethyl adjacent to an activating group) is 1. The van der Waals surface area contributed by atoms with Crippen molar-refractivity contribution in [2.75, 3.05) is 39.1 Å². The van der Waals surface area contributed by atoms with E-state index in [0.717, 1.165) is 11.9 Å². The highest BCUT2D eigenvalue weighted by molar-refractivity contribution is 6.17. The molecule has 1 rings (SSSR count). The summed E-state index contributed by atoms with van der Waals surface area (Å²) in [6.45, 7) is 7.26. The van der Waals surface area contributed by atoms with Crippen LogP contribution in [-0.2, 0) is 0 Å². The largest absolute Gasteiger partial charge is 0.304 e. The molecule has 84 valence electrons. The van der Waals surface area contributed by atoms with Crippen molar-refractivity contribution in [1.29, 1.82) is 0 Å². The van der Waals surface area contributed by atoms with Crippen molar-refractivity contribution < 1.29 is 0 Å². The second-order valence-corrected chi connectivity index (χ2v) is 4.77. The Kier molecular flexibility index (Phi) is 5.83. The van der Waals surface area contributed by atoms with Gasteiger partial charge >= 0.3 is 0 Å². The van der Waals surface area contributed by atoms with E-state index in [-0.39, 0.29) is 0 Å². The minimum absolute atomic E-state index is 0.727. The molecule has 14 heavy (non-hydrogen) atoms.